The summed E-state index contributed by atoms with van der Waals surface area (Å²) in [5.41, 5.74) is 2.06. The molecule has 0 radical (unpaired) electrons. The van der Waals surface area contributed by atoms with E-state index in [-0.39, 0.29) is 17.6 Å². The second-order valence-electron chi connectivity index (χ2n) is 6.33. The van der Waals surface area contributed by atoms with Crippen LogP contribution in [0.25, 0.3) is 0 Å². The Morgan fingerprint density at radius 1 is 1.04 bits per heavy atom. The number of halogens is 4. The summed E-state index contributed by atoms with van der Waals surface area (Å²) in [7, 11) is 0. The van der Waals surface area contributed by atoms with Crippen molar-refractivity contribution in [1.29, 1.82) is 0 Å². The smallest absolute Gasteiger partial charge is 0.406 e. The van der Waals surface area contributed by atoms with Gasteiger partial charge in [-0.15, -0.1) is 13.2 Å². The van der Waals surface area contributed by atoms with Gasteiger partial charge in [-0.1, -0.05) is 24.3 Å². The summed E-state index contributed by atoms with van der Waals surface area (Å²) in [6, 6.07) is 10.4. The molecule has 2 aromatic rings. The summed E-state index contributed by atoms with van der Waals surface area (Å²) >= 11 is 0. The van der Waals surface area contributed by atoms with Crippen molar-refractivity contribution in [3.8, 4) is 5.75 Å². The minimum atomic E-state index is -4.73. The van der Waals surface area contributed by atoms with Gasteiger partial charge >= 0.3 is 6.36 Å². The first kappa shape index (κ1) is 18.7. The molecule has 26 heavy (non-hydrogen) atoms. The van der Waals surface area contributed by atoms with Crippen LogP contribution in [-0.4, -0.2) is 37.4 Å². The van der Waals surface area contributed by atoms with E-state index in [2.05, 4.69) is 15.0 Å². The second-order valence-corrected chi connectivity index (χ2v) is 6.33. The van der Waals surface area contributed by atoms with Crippen LogP contribution in [0.4, 0.5) is 17.6 Å². The average molecular weight is 368 g/mol. The van der Waals surface area contributed by atoms with Gasteiger partial charge in [0.05, 0.1) is 6.04 Å². The topological polar surface area (TPSA) is 24.5 Å². The van der Waals surface area contributed by atoms with Crippen LogP contribution in [0.15, 0.2) is 42.5 Å². The monoisotopic (exact) mass is 368 g/mol. The van der Waals surface area contributed by atoms with Gasteiger partial charge in [0.2, 0.25) is 0 Å². The molecule has 0 aromatic heterocycles. The highest BCUT2D eigenvalue weighted by atomic mass is 19.4. The summed E-state index contributed by atoms with van der Waals surface area (Å²) in [5, 5.41) is 3.25. The number of nitrogens with one attached hydrogen (secondary N) is 1. The van der Waals surface area contributed by atoms with E-state index in [9.17, 15) is 17.6 Å². The lowest BCUT2D eigenvalue weighted by atomic mass is 9.95. The molecule has 0 unspecified atom stereocenters. The van der Waals surface area contributed by atoms with Crippen LogP contribution in [-0.2, 0) is 0 Å². The van der Waals surface area contributed by atoms with E-state index < -0.39 is 6.36 Å². The molecule has 3 rings (SSSR count). The van der Waals surface area contributed by atoms with Gasteiger partial charge in [-0.25, -0.2) is 4.39 Å². The Balaban J connectivity index is 1.95. The molecule has 1 saturated heterocycles. The number of benzene rings is 2. The predicted octanol–water partition coefficient (Wildman–Crippen LogP) is 4.03. The van der Waals surface area contributed by atoms with Crippen molar-refractivity contribution in [1.82, 2.24) is 10.2 Å². The maximum absolute atomic E-state index is 14.6. The molecule has 7 heteroatoms. The highest BCUT2D eigenvalue weighted by molar-refractivity contribution is 5.37. The molecule has 1 N–H and O–H groups in total. The zero-order valence-electron chi connectivity index (χ0n) is 14.3. The first-order valence-electron chi connectivity index (χ1n) is 8.40. The van der Waals surface area contributed by atoms with Crippen molar-refractivity contribution in [2.75, 3.05) is 26.2 Å². The lowest BCUT2D eigenvalue weighted by Gasteiger charge is -2.35. The zero-order valence-corrected chi connectivity index (χ0v) is 14.3. The molecule has 1 aliphatic rings. The molecule has 0 saturated carbocycles. The van der Waals surface area contributed by atoms with Crippen LogP contribution in [0.5, 0.6) is 5.75 Å². The molecule has 3 nitrogen and oxygen atoms in total. The van der Waals surface area contributed by atoms with Crippen molar-refractivity contribution in [3.63, 3.8) is 0 Å². The molecule has 0 bridgehead atoms. The number of aryl methyl sites for hydroxylation is 1. The SMILES string of the molecule is Cc1ccc([C@H](c2ccc(OC(F)(F)F)cc2)N2CCNCC2)c(F)c1. The van der Waals surface area contributed by atoms with Crippen LogP contribution in [0.3, 0.4) is 0 Å². The molecule has 0 amide bonds. The first-order valence-corrected chi connectivity index (χ1v) is 8.40. The molecule has 1 heterocycles. The number of hydrogen-bond donors (Lipinski definition) is 1. The van der Waals surface area contributed by atoms with Crippen LogP contribution >= 0.6 is 0 Å². The van der Waals surface area contributed by atoms with E-state index in [1.165, 1.54) is 18.2 Å². The van der Waals surface area contributed by atoms with Gasteiger partial charge in [-0.2, -0.15) is 0 Å². The second kappa shape index (κ2) is 7.63. The minimum Gasteiger partial charge on any atom is -0.406 e. The van der Waals surface area contributed by atoms with E-state index in [1.807, 2.05) is 13.0 Å². The highest BCUT2D eigenvalue weighted by Gasteiger charge is 2.31. The van der Waals surface area contributed by atoms with Gasteiger partial charge in [-0.3, -0.25) is 4.90 Å². The largest absolute Gasteiger partial charge is 0.573 e. The summed E-state index contributed by atoms with van der Waals surface area (Å²) in [4.78, 5) is 2.13. The zero-order chi connectivity index (χ0) is 18.7. The summed E-state index contributed by atoms with van der Waals surface area (Å²) in [5.74, 6) is -0.603. The quantitative estimate of drug-likeness (QED) is 0.825. The average Bonchev–Trinajstić information content (AvgIpc) is 2.58. The molecule has 1 aliphatic heterocycles. The number of piperazine rings is 1. The standard InChI is InChI=1S/C19H20F4N2O/c1-13-2-7-16(17(20)12-13)18(25-10-8-24-9-11-25)14-3-5-15(6-4-14)26-19(21,22)23/h2-7,12,18,24H,8-11H2,1H3/t18-/m0/s1. The lowest BCUT2D eigenvalue weighted by Crippen LogP contribution is -2.45. The fourth-order valence-corrected chi connectivity index (χ4v) is 3.23. The van der Waals surface area contributed by atoms with Crippen molar-refractivity contribution < 1.29 is 22.3 Å². The van der Waals surface area contributed by atoms with E-state index in [0.29, 0.717) is 5.56 Å². The van der Waals surface area contributed by atoms with E-state index in [4.69, 9.17) is 0 Å². The maximum Gasteiger partial charge on any atom is 0.573 e. The fraction of sp³-hybridized carbons (Fsp3) is 0.368. The van der Waals surface area contributed by atoms with E-state index in [1.54, 1.807) is 18.2 Å². The molecule has 1 fully saturated rings. The maximum atomic E-state index is 14.6. The van der Waals surface area contributed by atoms with E-state index in [0.717, 1.165) is 37.3 Å². The number of alkyl halides is 3. The van der Waals surface area contributed by atoms with Crippen molar-refractivity contribution in [2.24, 2.45) is 0 Å². The van der Waals surface area contributed by atoms with Gasteiger partial charge in [0.25, 0.3) is 0 Å². The van der Waals surface area contributed by atoms with Gasteiger partial charge < -0.3 is 10.1 Å². The Hall–Kier alpha value is -2.12. The van der Waals surface area contributed by atoms with E-state index >= 15 is 0 Å². The lowest BCUT2D eigenvalue weighted by molar-refractivity contribution is -0.274. The summed E-state index contributed by atoms with van der Waals surface area (Å²) < 4.78 is 55.6. The third kappa shape index (κ3) is 4.53. The normalized spacial score (nSPS) is 17.1. The van der Waals surface area contributed by atoms with Crippen LogP contribution in [0.1, 0.15) is 22.7 Å². The van der Waals surface area contributed by atoms with Gasteiger partial charge in [-0.05, 0) is 36.2 Å². The van der Waals surface area contributed by atoms with Crippen LogP contribution in [0.2, 0.25) is 0 Å². The molecule has 0 aliphatic carbocycles. The fourth-order valence-electron chi connectivity index (χ4n) is 3.23. The molecular weight excluding hydrogens is 348 g/mol. The third-order valence-corrected chi connectivity index (χ3v) is 4.40. The van der Waals surface area contributed by atoms with Crippen molar-refractivity contribution in [3.05, 3.63) is 65.0 Å². The van der Waals surface area contributed by atoms with Crippen LogP contribution < -0.4 is 10.1 Å². The minimum absolute atomic E-state index is 0.287. The summed E-state index contributed by atoms with van der Waals surface area (Å²) in [6.07, 6.45) is -4.73. The molecule has 1 atom stereocenters. The van der Waals surface area contributed by atoms with Crippen molar-refractivity contribution >= 4 is 0 Å². The Labute approximate surface area is 149 Å². The first-order chi connectivity index (χ1) is 12.3. The molecule has 2 aromatic carbocycles. The predicted molar refractivity (Wildman–Crippen MR) is 90.5 cm³/mol. The van der Waals surface area contributed by atoms with Gasteiger partial charge in [0.15, 0.2) is 0 Å². The Morgan fingerprint density at radius 2 is 1.69 bits per heavy atom. The van der Waals surface area contributed by atoms with Gasteiger partial charge in [0.1, 0.15) is 11.6 Å². The Kier molecular flexibility index (Phi) is 5.48. The molecule has 0 spiro atoms. The number of rotatable bonds is 4. The number of hydrogen-bond acceptors (Lipinski definition) is 3. The molecule has 140 valence electrons. The van der Waals surface area contributed by atoms with Crippen LogP contribution in [0, 0.1) is 12.7 Å². The number of nitrogens with zero attached hydrogens (tertiary/aromatic N) is 1. The Morgan fingerprint density at radius 3 is 2.27 bits per heavy atom. The van der Waals surface area contributed by atoms with Gasteiger partial charge in [0, 0.05) is 31.7 Å². The van der Waals surface area contributed by atoms with Crippen molar-refractivity contribution in [2.45, 2.75) is 19.3 Å². The number of ether oxygens (including phenoxy) is 1. The summed E-state index contributed by atoms with van der Waals surface area (Å²) in [6.45, 7) is 4.81. The molecular formula is C19H20F4N2O. The third-order valence-electron chi connectivity index (χ3n) is 4.40. The highest BCUT2D eigenvalue weighted by Crippen LogP contribution is 2.33. The Bertz CT molecular complexity index is 740.